The lowest BCUT2D eigenvalue weighted by Gasteiger charge is -2.60. The van der Waals surface area contributed by atoms with E-state index in [1.807, 2.05) is 18.5 Å². The van der Waals surface area contributed by atoms with E-state index >= 15 is 0 Å². The Morgan fingerprint density at radius 3 is 2.50 bits per heavy atom. The Morgan fingerprint density at radius 2 is 1.86 bits per heavy atom. The van der Waals surface area contributed by atoms with Crippen LogP contribution in [0.5, 0.6) is 0 Å². The molecule has 4 aliphatic rings. The second kappa shape index (κ2) is 5.91. The van der Waals surface area contributed by atoms with Gasteiger partial charge in [0.05, 0.1) is 11.0 Å². The average molecular weight is 379 g/mol. The van der Waals surface area contributed by atoms with Gasteiger partial charge >= 0.3 is 0 Å². The van der Waals surface area contributed by atoms with Crippen molar-refractivity contribution in [3.63, 3.8) is 0 Å². The molecule has 6 rings (SSSR count). The molecule has 4 fully saturated rings. The highest BCUT2D eigenvalue weighted by molar-refractivity contribution is 5.96. The molecule has 5 heteroatoms. The third kappa shape index (κ3) is 2.70. The first-order valence-corrected chi connectivity index (χ1v) is 10.6. The monoisotopic (exact) mass is 378 g/mol. The van der Waals surface area contributed by atoms with E-state index in [0.717, 1.165) is 37.8 Å². The van der Waals surface area contributed by atoms with Gasteiger partial charge in [-0.1, -0.05) is 39.0 Å². The maximum absolute atomic E-state index is 13.7. The van der Waals surface area contributed by atoms with Crippen molar-refractivity contribution in [2.45, 2.75) is 70.3 Å². The first kappa shape index (κ1) is 17.9. The maximum Gasteiger partial charge on any atom is 0.230 e. The van der Waals surface area contributed by atoms with Gasteiger partial charge in [0.25, 0.3) is 0 Å². The second-order valence-corrected chi connectivity index (χ2v) is 10.6. The zero-order chi connectivity index (χ0) is 19.6. The van der Waals surface area contributed by atoms with E-state index in [2.05, 4.69) is 53.0 Å². The molecule has 1 aromatic heterocycles. The molecule has 1 amide bonds. The van der Waals surface area contributed by atoms with Crippen LogP contribution in [0.3, 0.4) is 0 Å². The minimum atomic E-state index is -0.277. The molecule has 0 spiro atoms. The third-order valence-electron chi connectivity index (χ3n) is 7.40. The Kier molecular flexibility index (Phi) is 3.78. The van der Waals surface area contributed by atoms with E-state index in [0.29, 0.717) is 11.8 Å². The highest BCUT2D eigenvalue weighted by Crippen LogP contribution is 2.64. The van der Waals surface area contributed by atoms with E-state index in [1.165, 1.54) is 12.0 Å². The summed E-state index contributed by atoms with van der Waals surface area (Å²) in [5.41, 5.74) is 1.85. The fourth-order valence-corrected chi connectivity index (χ4v) is 6.70. The molecule has 28 heavy (non-hydrogen) atoms. The number of anilines is 1. The molecule has 2 atom stereocenters. The van der Waals surface area contributed by atoms with Crippen molar-refractivity contribution >= 4 is 11.6 Å². The van der Waals surface area contributed by atoms with Crippen molar-refractivity contribution in [2.24, 2.45) is 17.3 Å². The summed E-state index contributed by atoms with van der Waals surface area (Å²) in [6, 6.07) is 8.25. The summed E-state index contributed by atoms with van der Waals surface area (Å²) < 4.78 is 2.07. The van der Waals surface area contributed by atoms with Crippen molar-refractivity contribution in [1.29, 1.82) is 0 Å². The summed E-state index contributed by atoms with van der Waals surface area (Å²) >= 11 is 0. The molecule has 2 aromatic rings. The number of benzene rings is 1. The van der Waals surface area contributed by atoms with Gasteiger partial charge < -0.3 is 5.32 Å². The summed E-state index contributed by atoms with van der Waals surface area (Å²) in [7, 11) is 0. The number of carbonyl (C=O) groups excluding carboxylic acids is 1. The Morgan fingerprint density at radius 1 is 1.14 bits per heavy atom. The smallest absolute Gasteiger partial charge is 0.230 e. The number of nitrogens with zero attached hydrogens (tertiary/aromatic N) is 3. The molecule has 1 heterocycles. The van der Waals surface area contributed by atoms with Crippen molar-refractivity contribution < 1.29 is 4.79 Å². The van der Waals surface area contributed by atoms with Crippen LogP contribution in [0.4, 0.5) is 5.69 Å². The zero-order valence-electron chi connectivity index (χ0n) is 17.1. The quantitative estimate of drug-likeness (QED) is 0.855. The fourth-order valence-electron chi connectivity index (χ4n) is 6.70. The van der Waals surface area contributed by atoms with E-state index in [1.54, 1.807) is 6.33 Å². The lowest BCUT2D eigenvalue weighted by atomic mass is 9.46. The number of carbonyl (C=O) groups is 1. The largest absolute Gasteiger partial charge is 0.325 e. The molecule has 148 valence electrons. The highest BCUT2D eigenvalue weighted by Gasteiger charge is 2.61. The van der Waals surface area contributed by atoms with Crippen LogP contribution >= 0.6 is 0 Å². The van der Waals surface area contributed by atoms with Crippen molar-refractivity contribution in [2.75, 3.05) is 5.32 Å². The van der Waals surface area contributed by atoms with Gasteiger partial charge in [0.2, 0.25) is 5.91 Å². The number of hydrogen-bond acceptors (Lipinski definition) is 3. The molecule has 4 aliphatic carbocycles. The van der Waals surface area contributed by atoms with Crippen molar-refractivity contribution in [3.05, 3.63) is 42.5 Å². The molecule has 1 aromatic carbocycles. The summed E-state index contributed by atoms with van der Waals surface area (Å²) in [6.07, 6.45) is 9.95. The topological polar surface area (TPSA) is 59.8 Å². The van der Waals surface area contributed by atoms with Gasteiger partial charge in [-0.15, -0.1) is 0 Å². The van der Waals surface area contributed by atoms with E-state index in [4.69, 9.17) is 0 Å². The zero-order valence-corrected chi connectivity index (χ0v) is 17.1. The molecular formula is C23H30N4O. The van der Waals surface area contributed by atoms with E-state index in [-0.39, 0.29) is 22.3 Å². The third-order valence-corrected chi connectivity index (χ3v) is 7.40. The van der Waals surface area contributed by atoms with E-state index < -0.39 is 0 Å². The molecule has 0 radical (unpaired) electrons. The van der Waals surface area contributed by atoms with Crippen molar-refractivity contribution in [1.82, 2.24) is 14.8 Å². The summed E-state index contributed by atoms with van der Waals surface area (Å²) in [5, 5.41) is 7.85. The van der Waals surface area contributed by atoms with Gasteiger partial charge in [-0.25, -0.2) is 9.67 Å². The molecule has 0 aliphatic heterocycles. The molecule has 0 saturated heterocycles. The Bertz CT molecular complexity index is 882. The number of amides is 1. The lowest BCUT2D eigenvalue weighted by molar-refractivity contribution is -0.150. The van der Waals surface area contributed by atoms with Crippen LogP contribution in [0.1, 0.15) is 64.9 Å². The second-order valence-electron chi connectivity index (χ2n) is 10.6. The van der Waals surface area contributed by atoms with Crippen LogP contribution in [0.15, 0.2) is 36.9 Å². The van der Waals surface area contributed by atoms with Crippen LogP contribution < -0.4 is 5.32 Å². The van der Waals surface area contributed by atoms with Crippen LogP contribution in [-0.4, -0.2) is 20.7 Å². The van der Waals surface area contributed by atoms with Crippen LogP contribution in [-0.2, 0) is 15.7 Å². The Hall–Kier alpha value is -2.17. The van der Waals surface area contributed by atoms with Gasteiger partial charge in [-0.3, -0.25) is 4.79 Å². The number of rotatable bonds is 3. The summed E-state index contributed by atoms with van der Waals surface area (Å²) in [6.45, 7) is 6.59. The minimum absolute atomic E-state index is 0.00665. The van der Waals surface area contributed by atoms with Crippen LogP contribution in [0.25, 0.3) is 0 Å². The Balaban J connectivity index is 1.48. The molecular weight excluding hydrogens is 348 g/mol. The summed E-state index contributed by atoms with van der Waals surface area (Å²) in [5.74, 6) is 1.45. The molecule has 5 nitrogen and oxygen atoms in total. The molecule has 4 bridgehead atoms. The number of hydrogen-bond donors (Lipinski definition) is 1. The highest BCUT2D eigenvalue weighted by atomic mass is 16.2. The molecule has 1 N–H and O–H groups in total. The van der Waals surface area contributed by atoms with Gasteiger partial charge in [-0.05, 0) is 67.4 Å². The maximum atomic E-state index is 13.7. The van der Waals surface area contributed by atoms with Crippen LogP contribution in [0, 0.1) is 17.3 Å². The molecule has 2 unspecified atom stereocenters. The molecule has 4 saturated carbocycles. The number of para-hydroxylation sites is 1. The predicted octanol–water partition coefficient (Wildman–Crippen LogP) is 4.51. The minimum Gasteiger partial charge on any atom is -0.325 e. The first-order valence-electron chi connectivity index (χ1n) is 10.6. The standard InChI is InChI=1S/C23H30N4O/c1-21(2,3)18-6-4-5-7-19(18)26-20(28)22-9-16-8-17(10-22)12-23(11-16,13-22)27-15-24-14-25-27/h4-7,14-17H,8-13H2,1-3H3,(H,26,28). The normalized spacial score (nSPS) is 33.8. The van der Waals surface area contributed by atoms with Gasteiger partial charge in [0.15, 0.2) is 0 Å². The van der Waals surface area contributed by atoms with Crippen molar-refractivity contribution in [3.8, 4) is 0 Å². The predicted molar refractivity (Wildman–Crippen MR) is 109 cm³/mol. The number of nitrogens with one attached hydrogen (secondary N) is 1. The van der Waals surface area contributed by atoms with Crippen LogP contribution in [0.2, 0.25) is 0 Å². The first-order chi connectivity index (χ1) is 13.3. The number of aromatic nitrogens is 3. The SMILES string of the molecule is CC(C)(C)c1ccccc1NC(=O)C12CC3CC(C1)CC(n1cncn1)(C3)C2. The van der Waals surface area contributed by atoms with Gasteiger partial charge in [-0.2, -0.15) is 5.10 Å². The lowest BCUT2D eigenvalue weighted by Crippen LogP contribution is -2.60. The van der Waals surface area contributed by atoms with Gasteiger partial charge in [0, 0.05) is 5.69 Å². The summed E-state index contributed by atoms with van der Waals surface area (Å²) in [4.78, 5) is 17.9. The average Bonchev–Trinajstić information content (AvgIpc) is 3.16. The fraction of sp³-hybridized carbons (Fsp3) is 0.609. The van der Waals surface area contributed by atoms with E-state index in [9.17, 15) is 4.79 Å². The Labute approximate surface area is 166 Å². The van der Waals surface area contributed by atoms with Gasteiger partial charge in [0.1, 0.15) is 12.7 Å².